The molecule has 0 unspecified atom stereocenters. The summed E-state index contributed by atoms with van der Waals surface area (Å²) in [5, 5.41) is 23.3. The molecule has 0 amide bonds. The van der Waals surface area contributed by atoms with Gasteiger partial charge in [-0.2, -0.15) is 5.26 Å². The van der Waals surface area contributed by atoms with Gasteiger partial charge in [-0.25, -0.2) is 4.79 Å². The molecule has 0 fully saturated rings. The smallest absolute Gasteiger partial charge is 0.340 e. The molecule has 152 valence electrons. The zero-order valence-corrected chi connectivity index (χ0v) is 16.1. The Balaban J connectivity index is 1.81. The average molecular weight is 406 g/mol. The lowest BCUT2D eigenvalue weighted by atomic mass is 10.1. The van der Waals surface area contributed by atoms with Crippen LogP contribution < -0.4 is 5.32 Å². The highest BCUT2D eigenvalue weighted by atomic mass is 16.6. The van der Waals surface area contributed by atoms with Crippen LogP contribution in [0.15, 0.2) is 48.7 Å². The van der Waals surface area contributed by atoms with Crippen LogP contribution >= 0.6 is 0 Å². The summed E-state index contributed by atoms with van der Waals surface area (Å²) in [4.78, 5) is 35.6. The summed E-state index contributed by atoms with van der Waals surface area (Å²) in [5.41, 5.74) is 1.25. The van der Waals surface area contributed by atoms with Gasteiger partial charge < -0.3 is 14.6 Å². The number of rotatable bonds is 8. The Kier molecular flexibility index (Phi) is 6.08. The Hall–Kier alpha value is -4.19. The summed E-state index contributed by atoms with van der Waals surface area (Å²) in [6.45, 7) is -0.0831. The molecule has 1 heterocycles. The summed E-state index contributed by atoms with van der Waals surface area (Å²) < 4.78 is 6.96. The van der Waals surface area contributed by atoms with Crippen molar-refractivity contribution in [3.8, 4) is 6.07 Å². The minimum atomic E-state index is -0.843. The number of nitro groups is 1. The van der Waals surface area contributed by atoms with Gasteiger partial charge in [-0.15, -0.1) is 0 Å². The molecule has 0 aliphatic carbocycles. The second-order valence-electron chi connectivity index (χ2n) is 6.40. The van der Waals surface area contributed by atoms with Crippen LogP contribution in [0.1, 0.15) is 27.1 Å². The third-order valence-corrected chi connectivity index (χ3v) is 4.59. The van der Waals surface area contributed by atoms with Crippen molar-refractivity contribution in [1.82, 2.24) is 4.57 Å². The molecule has 0 radical (unpaired) electrons. The summed E-state index contributed by atoms with van der Waals surface area (Å²) in [6, 6.07) is 13.1. The molecule has 9 nitrogen and oxygen atoms in total. The Bertz CT molecular complexity index is 1180. The van der Waals surface area contributed by atoms with Crippen molar-refractivity contribution in [1.29, 1.82) is 5.26 Å². The minimum Gasteiger partial charge on any atom is -0.454 e. The van der Waals surface area contributed by atoms with Gasteiger partial charge in [-0.05, 0) is 12.1 Å². The molecular formula is C21H18N4O5. The van der Waals surface area contributed by atoms with Crippen LogP contribution in [0.2, 0.25) is 0 Å². The lowest BCUT2D eigenvalue weighted by Crippen LogP contribution is -2.15. The third kappa shape index (κ3) is 4.12. The quantitative estimate of drug-likeness (QED) is 0.262. The average Bonchev–Trinajstić information content (AvgIpc) is 3.14. The van der Waals surface area contributed by atoms with Gasteiger partial charge in [0.15, 0.2) is 6.61 Å². The number of ketones is 1. The van der Waals surface area contributed by atoms with Crippen molar-refractivity contribution in [2.24, 2.45) is 0 Å². The summed E-state index contributed by atoms with van der Waals surface area (Å²) in [7, 11) is 1.57. The fourth-order valence-corrected chi connectivity index (χ4v) is 3.14. The zero-order valence-electron chi connectivity index (χ0n) is 16.1. The number of nitrogens with one attached hydrogen (secondary N) is 1. The summed E-state index contributed by atoms with van der Waals surface area (Å²) in [5.74, 6) is -1.25. The van der Waals surface area contributed by atoms with E-state index in [1.54, 1.807) is 25.4 Å². The second-order valence-corrected chi connectivity index (χ2v) is 6.40. The number of Topliss-reactive ketones (excluding diaryl/α,β-unsaturated/α-hetero) is 1. The number of anilines is 1. The van der Waals surface area contributed by atoms with Crippen LogP contribution in [-0.4, -0.2) is 34.9 Å². The van der Waals surface area contributed by atoms with Gasteiger partial charge in [0.25, 0.3) is 5.69 Å². The highest BCUT2D eigenvalue weighted by Gasteiger charge is 2.20. The lowest BCUT2D eigenvalue weighted by molar-refractivity contribution is -0.384. The van der Waals surface area contributed by atoms with E-state index in [1.807, 2.05) is 16.7 Å². The normalized spacial score (nSPS) is 10.4. The van der Waals surface area contributed by atoms with Crippen molar-refractivity contribution in [2.75, 3.05) is 19.0 Å². The molecule has 0 aliphatic rings. The van der Waals surface area contributed by atoms with Crippen LogP contribution in [0.3, 0.4) is 0 Å². The Morgan fingerprint density at radius 1 is 1.23 bits per heavy atom. The van der Waals surface area contributed by atoms with E-state index in [9.17, 15) is 19.7 Å². The monoisotopic (exact) mass is 406 g/mol. The molecule has 3 aromatic rings. The summed E-state index contributed by atoms with van der Waals surface area (Å²) in [6.07, 6.45) is 1.94. The van der Waals surface area contributed by atoms with Crippen LogP contribution in [0.5, 0.6) is 0 Å². The van der Waals surface area contributed by atoms with E-state index in [2.05, 4.69) is 11.4 Å². The number of aromatic nitrogens is 1. The first kappa shape index (κ1) is 20.5. The molecule has 0 atom stereocenters. The Labute approximate surface area is 171 Å². The molecule has 30 heavy (non-hydrogen) atoms. The van der Waals surface area contributed by atoms with Crippen molar-refractivity contribution >= 4 is 34.0 Å². The predicted octanol–water partition coefficient (Wildman–Crippen LogP) is 3.54. The number of carbonyl (C=O) groups excluding carboxylic acids is 2. The van der Waals surface area contributed by atoms with Gasteiger partial charge in [-0.3, -0.25) is 14.9 Å². The maximum atomic E-state index is 12.7. The number of esters is 1. The third-order valence-electron chi connectivity index (χ3n) is 4.59. The van der Waals surface area contributed by atoms with Crippen LogP contribution in [-0.2, 0) is 11.3 Å². The number of nitriles is 1. The van der Waals surface area contributed by atoms with Crippen LogP contribution in [0, 0.1) is 21.4 Å². The SMILES string of the molecule is CNc1ccc([N+](=O)[O-])cc1C(=O)OCC(=O)c1cn(CCC#N)c2ccccc12. The molecule has 1 aromatic heterocycles. The lowest BCUT2D eigenvalue weighted by Gasteiger charge is -2.09. The number of non-ortho nitro benzene ring substituents is 1. The molecule has 0 saturated heterocycles. The Morgan fingerprint density at radius 2 is 2.00 bits per heavy atom. The molecule has 0 aliphatic heterocycles. The van der Waals surface area contributed by atoms with Crippen molar-refractivity contribution in [3.63, 3.8) is 0 Å². The Morgan fingerprint density at radius 3 is 2.70 bits per heavy atom. The molecule has 1 N–H and O–H groups in total. The molecular weight excluding hydrogens is 388 g/mol. The molecule has 2 aromatic carbocycles. The number of ether oxygens (including phenoxy) is 1. The van der Waals surface area contributed by atoms with Crippen LogP contribution in [0.25, 0.3) is 10.9 Å². The zero-order chi connectivity index (χ0) is 21.7. The van der Waals surface area contributed by atoms with Gasteiger partial charge in [0, 0.05) is 54.1 Å². The summed E-state index contributed by atoms with van der Waals surface area (Å²) >= 11 is 0. The van der Waals surface area contributed by atoms with E-state index in [-0.39, 0.29) is 11.3 Å². The van der Waals surface area contributed by atoms with E-state index in [4.69, 9.17) is 10.00 Å². The maximum absolute atomic E-state index is 12.7. The van der Waals surface area contributed by atoms with E-state index >= 15 is 0 Å². The minimum absolute atomic E-state index is 0.0315. The van der Waals surface area contributed by atoms with Crippen molar-refractivity contribution in [3.05, 3.63) is 69.9 Å². The number of aryl methyl sites for hydroxylation is 1. The molecule has 9 heteroatoms. The number of para-hydroxylation sites is 1. The van der Waals surface area contributed by atoms with E-state index in [1.165, 1.54) is 12.1 Å². The topological polar surface area (TPSA) is 127 Å². The van der Waals surface area contributed by atoms with Gasteiger partial charge >= 0.3 is 5.97 Å². The van der Waals surface area contributed by atoms with Gasteiger partial charge in [-0.1, -0.05) is 18.2 Å². The van der Waals surface area contributed by atoms with Crippen molar-refractivity contribution in [2.45, 2.75) is 13.0 Å². The molecule has 0 saturated carbocycles. The number of hydrogen-bond donors (Lipinski definition) is 1. The number of nitrogens with zero attached hydrogens (tertiary/aromatic N) is 3. The number of hydrogen-bond acceptors (Lipinski definition) is 7. The second kappa shape index (κ2) is 8.87. The van der Waals surface area contributed by atoms with E-state index in [0.717, 1.165) is 11.6 Å². The van der Waals surface area contributed by atoms with Crippen molar-refractivity contribution < 1.29 is 19.2 Å². The highest BCUT2D eigenvalue weighted by Crippen LogP contribution is 2.24. The number of benzene rings is 2. The van der Waals surface area contributed by atoms with Gasteiger partial charge in [0.1, 0.15) is 0 Å². The molecule has 3 rings (SSSR count). The predicted molar refractivity (Wildman–Crippen MR) is 109 cm³/mol. The van der Waals surface area contributed by atoms with Gasteiger partial charge in [0.2, 0.25) is 5.78 Å². The standard InChI is InChI=1S/C21H18N4O5/c1-23-18-8-7-14(25(28)29)11-16(18)21(27)30-13-20(26)17-12-24(10-4-9-22)19-6-3-2-5-15(17)19/h2-3,5-8,11-12,23H,4,10,13H2,1H3. The highest BCUT2D eigenvalue weighted by molar-refractivity contribution is 6.09. The van der Waals surface area contributed by atoms with Gasteiger partial charge in [0.05, 0.1) is 23.0 Å². The molecule has 0 spiro atoms. The van der Waals surface area contributed by atoms with Crippen LogP contribution in [0.4, 0.5) is 11.4 Å². The fourth-order valence-electron chi connectivity index (χ4n) is 3.14. The van der Waals surface area contributed by atoms with E-state index in [0.29, 0.717) is 29.6 Å². The first-order valence-corrected chi connectivity index (χ1v) is 9.07. The number of fused-ring (bicyclic) bond motifs is 1. The first-order chi connectivity index (χ1) is 14.5. The largest absolute Gasteiger partial charge is 0.454 e. The number of carbonyl (C=O) groups is 2. The first-order valence-electron chi connectivity index (χ1n) is 9.07. The molecule has 0 bridgehead atoms. The number of nitro benzene ring substituents is 1. The fraction of sp³-hybridized carbons (Fsp3) is 0.190. The van der Waals surface area contributed by atoms with E-state index < -0.39 is 23.3 Å². The maximum Gasteiger partial charge on any atom is 0.340 e.